The van der Waals surface area contributed by atoms with Crippen molar-refractivity contribution in [3.05, 3.63) is 115 Å². The maximum absolute atomic E-state index is 5.59. The predicted octanol–water partition coefficient (Wildman–Crippen LogP) is 7.11. The Morgan fingerprint density at radius 1 is 0.464 bits per heavy atom. The Morgan fingerprint density at radius 2 is 0.857 bits per heavy atom. The minimum absolute atomic E-state index is 0.781. The normalized spacial score (nSPS) is 10.1. The molecule has 0 aliphatic carbocycles. The van der Waals surface area contributed by atoms with Gasteiger partial charge in [-0.15, -0.1) is 0 Å². The molecule has 0 heterocycles. The first-order chi connectivity index (χ1) is 13.8. The molecule has 4 aromatic rings. The molecule has 0 atom stereocenters. The van der Waals surface area contributed by atoms with Crippen molar-refractivity contribution >= 4 is 28.4 Å². The van der Waals surface area contributed by atoms with Crippen LogP contribution in [0.2, 0.25) is 0 Å². The number of benzene rings is 4. The smallest absolute Gasteiger partial charge is 0.0857 e. The van der Waals surface area contributed by atoms with Crippen LogP contribution in [0.4, 0.5) is 28.4 Å². The van der Waals surface area contributed by atoms with Gasteiger partial charge < -0.3 is 11.1 Å². The van der Waals surface area contributed by atoms with Gasteiger partial charge in [0.25, 0.3) is 0 Å². The van der Waals surface area contributed by atoms with Crippen molar-refractivity contribution in [2.45, 2.75) is 0 Å². The van der Waals surface area contributed by atoms with Crippen molar-refractivity contribution in [3.63, 3.8) is 0 Å². The van der Waals surface area contributed by atoms with E-state index in [-0.39, 0.29) is 0 Å². The lowest BCUT2D eigenvalue weighted by Crippen LogP contribution is -1.90. The minimum atomic E-state index is 0.781. The van der Waals surface area contributed by atoms with Crippen molar-refractivity contribution in [3.8, 4) is 0 Å². The molecule has 0 aliphatic heterocycles. The molecule has 0 unspecified atom stereocenters. The molecule has 0 amide bonds. The Labute approximate surface area is 165 Å². The van der Waals surface area contributed by atoms with E-state index in [1.165, 1.54) is 0 Å². The highest BCUT2D eigenvalue weighted by Gasteiger charge is 1.92. The highest BCUT2D eigenvalue weighted by atomic mass is 15.1. The molecule has 0 saturated heterocycles. The fourth-order valence-electron chi connectivity index (χ4n) is 2.36. The Morgan fingerprint density at radius 3 is 1.32 bits per heavy atom. The van der Waals surface area contributed by atoms with Gasteiger partial charge in [-0.25, -0.2) is 0 Å². The number of nitrogens with zero attached hydrogens (tertiary/aromatic N) is 2. The molecule has 138 valence electrons. The van der Waals surface area contributed by atoms with E-state index in [0.29, 0.717) is 0 Å². The first-order valence-electron chi connectivity index (χ1n) is 8.99. The monoisotopic (exact) mass is 366 g/mol. The first-order valence-corrected chi connectivity index (χ1v) is 8.99. The third kappa shape index (κ3) is 6.42. The van der Waals surface area contributed by atoms with Gasteiger partial charge in [-0.2, -0.15) is 10.2 Å². The van der Waals surface area contributed by atoms with Crippen LogP contribution in [0.3, 0.4) is 0 Å². The van der Waals surface area contributed by atoms with E-state index >= 15 is 0 Å². The first kappa shape index (κ1) is 18.9. The third-order valence-electron chi connectivity index (χ3n) is 3.77. The molecule has 0 saturated carbocycles. The van der Waals surface area contributed by atoms with Gasteiger partial charge in [0.05, 0.1) is 11.4 Å². The number of rotatable bonds is 4. The van der Waals surface area contributed by atoms with E-state index in [9.17, 15) is 0 Å². The average Bonchev–Trinajstić information content (AvgIpc) is 2.77. The van der Waals surface area contributed by atoms with Gasteiger partial charge in [0.1, 0.15) is 0 Å². The lowest BCUT2D eigenvalue weighted by molar-refractivity contribution is 1.23. The van der Waals surface area contributed by atoms with Crippen LogP contribution in [-0.4, -0.2) is 0 Å². The van der Waals surface area contributed by atoms with Crippen molar-refractivity contribution in [2.24, 2.45) is 10.2 Å². The van der Waals surface area contributed by atoms with Crippen LogP contribution < -0.4 is 11.1 Å². The topological polar surface area (TPSA) is 62.8 Å². The Balaban J connectivity index is 0.000000161. The summed E-state index contributed by atoms with van der Waals surface area (Å²) in [5.41, 5.74) is 10.2. The Bertz CT molecular complexity index is 926. The van der Waals surface area contributed by atoms with E-state index in [1.807, 2.05) is 115 Å². The summed E-state index contributed by atoms with van der Waals surface area (Å²) < 4.78 is 0. The summed E-state index contributed by atoms with van der Waals surface area (Å²) in [6.07, 6.45) is 0. The number of anilines is 3. The van der Waals surface area contributed by atoms with Crippen LogP contribution in [0.1, 0.15) is 0 Å². The zero-order valence-corrected chi connectivity index (χ0v) is 15.4. The predicted molar refractivity (Wildman–Crippen MR) is 118 cm³/mol. The summed E-state index contributed by atoms with van der Waals surface area (Å²) in [7, 11) is 0. The summed E-state index contributed by atoms with van der Waals surface area (Å²) in [6.45, 7) is 0. The molecule has 0 fully saturated rings. The molecule has 3 N–H and O–H groups in total. The molecule has 0 aliphatic rings. The van der Waals surface area contributed by atoms with Crippen LogP contribution in [0.5, 0.6) is 0 Å². The average molecular weight is 366 g/mol. The van der Waals surface area contributed by atoms with Crippen LogP contribution >= 0.6 is 0 Å². The number of nitrogens with one attached hydrogen (secondary N) is 1. The van der Waals surface area contributed by atoms with E-state index in [2.05, 4.69) is 15.5 Å². The summed E-state index contributed by atoms with van der Waals surface area (Å²) >= 11 is 0. The highest BCUT2D eigenvalue weighted by Crippen LogP contribution is 2.17. The van der Waals surface area contributed by atoms with Crippen molar-refractivity contribution in [1.82, 2.24) is 0 Å². The van der Waals surface area contributed by atoms with Crippen LogP contribution in [-0.2, 0) is 0 Å². The van der Waals surface area contributed by atoms with Gasteiger partial charge in [-0.1, -0.05) is 54.6 Å². The van der Waals surface area contributed by atoms with Crippen LogP contribution in [0, 0.1) is 0 Å². The summed E-state index contributed by atoms with van der Waals surface area (Å²) in [5, 5.41) is 11.5. The third-order valence-corrected chi connectivity index (χ3v) is 3.77. The fourth-order valence-corrected chi connectivity index (χ4v) is 2.36. The Hall–Kier alpha value is -3.92. The zero-order chi connectivity index (χ0) is 19.4. The molecule has 0 aromatic heterocycles. The molecular formula is C24H22N4. The van der Waals surface area contributed by atoms with Gasteiger partial charge in [-0.3, -0.25) is 0 Å². The highest BCUT2D eigenvalue weighted by molar-refractivity contribution is 5.61. The van der Waals surface area contributed by atoms with Crippen molar-refractivity contribution in [2.75, 3.05) is 11.1 Å². The SMILES string of the molecule is Nc1ccc(Nc2ccccc2)cc1.c1ccc(N=Nc2ccccc2)cc1. The quantitative estimate of drug-likeness (QED) is 0.298. The van der Waals surface area contributed by atoms with E-state index in [1.54, 1.807) is 0 Å². The Kier molecular flexibility index (Phi) is 6.93. The standard InChI is InChI=1S/C12H10N2.C12H12N2/c1-3-7-11(8-4-1)13-14-12-9-5-2-6-10-12;13-10-6-8-12(9-7-10)14-11-4-2-1-3-5-11/h1-10H;1-9,14H,13H2. The molecule has 4 rings (SSSR count). The molecule has 0 bridgehead atoms. The number of nitrogen functional groups attached to an aromatic ring is 1. The van der Waals surface area contributed by atoms with Gasteiger partial charge in [0.2, 0.25) is 0 Å². The molecule has 4 heteroatoms. The minimum Gasteiger partial charge on any atom is -0.399 e. The number of azo groups is 1. The molecular weight excluding hydrogens is 344 g/mol. The van der Waals surface area contributed by atoms with Crippen molar-refractivity contribution in [1.29, 1.82) is 0 Å². The lowest BCUT2D eigenvalue weighted by atomic mass is 10.2. The van der Waals surface area contributed by atoms with E-state index in [4.69, 9.17) is 5.73 Å². The number of nitrogens with two attached hydrogens (primary N) is 1. The largest absolute Gasteiger partial charge is 0.399 e. The second-order valence-electron chi connectivity index (χ2n) is 5.98. The second kappa shape index (κ2) is 10.3. The molecule has 4 aromatic carbocycles. The molecule has 4 nitrogen and oxygen atoms in total. The van der Waals surface area contributed by atoms with E-state index in [0.717, 1.165) is 28.4 Å². The number of hydrogen-bond donors (Lipinski definition) is 2. The van der Waals surface area contributed by atoms with Crippen molar-refractivity contribution < 1.29 is 0 Å². The van der Waals surface area contributed by atoms with E-state index < -0.39 is 0 Å². The second-order valence-corrected chi connectivity index (χ2v) is 5.98. The summed E-state index contributed by atoms with van der Waals surface area (Å²) in [5.74, 6) is 0. The summed E-state index contributed by atoms with van der Waals surface area (Å²) in [6, 6.07) is 37.1. The molecule has 28 heavy (non-hydrogen) atoms. The van der Waals surface area contributed by atoms with Gasteiger partial charge >= 0.3 is 0 Å². The van der Waals surface area contributed by atoms with Gasteiger partial charge in [0, 0.05) is 17.1 Å². The molecule has 0 spiro atoms. The number of hydrogen-bond acceptors (Lipinski definition) is 4. The zero-order valence-electron chi connectivity index (χ0n) is 15.4. The van der Waals surface area contributed by atoms with Gasteiger partial charge in [0.15, 0.2) is 0 Å². The summed E-state index contributed by atoms with van der Waals surface area (Å²) in [4.78, 5) is 0. The maximum atomic E-state index is 5.59. The number of para-hydroxylation sites is 1. The van der Waals surface area contributed by atoms with Crippen LogP contribution in [0.25, 0.3) is 0 Å². The fraction of sp³-hybridized carbons (Fsp3) is 0. The maximum Gasteiger partial charge on any atom is 0.0857 e. The van der Waals surface area contributed by atoms with Gasteiger partial charge in [-0.05, 0) is 60.7 Å². The molecule has 0 radical (unpaired) electrons. The lowest BCUT2D eigenvalue weighted by Gasteiger charge is -2.05. The van der Waals surface area contributed by atoms with Crippen LogP contribution in [0.15, 0.2) is 125 Å².